The number of hydrogen-bond acceptors (Lipinski definition) is 3. The Hall–Kier alpha value is -0.860. The van der Waals surface area contributed by atoms with Gasteiger partial charge in [-0.3, -0.25) is 5.41 Å². The van der Waals surface area contributed by atoms with E-state index in [1.165, 1.54) is 0 Å². The molecule has 0 aliphatic rings. The van der Waals surface area contributed by atoms with E-state index in [1.54, 1.807) is 20.8 Å². The average molecular weight is 143 g/mol. The Balaban J connectivity index is 3.83. The van der Waals surface area contributed by atoms with Gasteiger partial charge in [-0.2, -0.15) is 0 Å². The topological polar surface area (TPSA) is 50.2 Å². The van der Waals surface area contributed by atoms with E-state index in [0.717, 1.165) is 0 Å². The fourth-order valence-corrected chi connectivity index (χ4v) is 0.445. The molecular formula is C7H13NO2. The van der Waals surface area contributed by atoms with Crippen molar-refractivity contribution < 1.29 is 9.53 Å². The summed E-state index contributed by atoms with van der Waals surface area (Å²) in [6.07, 6.45) is 0. The van der Waals surface area contributed by atoms with Gasteiger partial charge >= 0.3 is 5.97 Å². The molecule has 3 heteroatoms. The van der Waals surface area contributed by atoms with Crippen LogP contribution >= 0.6 is 0 Å². The second-order valence-electron chi connectivity index (χ2n) is 2.29. The van der Waals surface area contributed by atoms with E-state index >= 15 is 0 Å². The van der Waals surface area contributed by atoms with Crippen LogP contribution in [0.3, 0.4) is 0 Å². The van der Waals surface area contributed by atoms with E-state index in [-0.39, 0.29) is 11.6 Å². The van der Waals surface area contributed by atoms with Crippen molar-refractivity contribution in [1.82, 2.24) is 0 Å². The highest BCUT2D eigenvalue weighted by Crippen LogP contribution is 1.96. The summed E-state index contributed by atoms with van der Waals surface area (Å²) in [5, 5.41) is 7.18. The second kappa shape index (κ2) is 4.04. The first-order valence-electron chi connectivity index (χ1n) is 3.35. The minimum Gasteiger partial charge on any atom is -0.462 e. The Morgan fingerprint density at radius 3 is 2.40 bits per heavy atom. The number of rotatable bonds is 3. The van der Waals surface area contributed by atoms with Crippen LogP contribution < -0.4 is 0 Å². The first kappa shape index (κ1) is 9.14. The third-order valence-corrected chi connectivity index (χ3v) is 1.07. The summed E-state index contributed by atoms with van der Waals surface area (Å²) in [6.45, 7) is 5.65. The minimum atomic E-state index is -0.502. The number of ether oxygens (including phenoxy) is 1. The molecule has 0 aliphatic heterocycles. The molecular weight excluding hydrogens is 130 g/mol. The molecule has 0 radical (unpaired) electrons. The third kappa shape index (κ3) is 2.62. The lowest BCUT2D eigenvalue weighted by atomic mass is 10.1. The Morgan fingerprint density at radius 2 is 2.10 bits per heavy atom. The summed E-state index contributed by atoms with van der Waals surface area (Å²) in [5.74, 6) is -0.545. The Labute approximate surface area is 60.9 Å². The molecule has 0 bridgehead atoms. The first-order chi connectivity index (χ1) is 4.59. The SMILES string of the molecule is CCOC(=O)C(=N)C(C)C. The zero-order chi connectivity index (χ0) is 8.15. The van der Waals surface area contributed by atoms with Gasteiger partial charge in [0.05, 0.1) is 6.61 Å². The molecule has 0 saturated heterocycles. The van der Waals surface area contributed by atoms with Gasteiger partial charge < -0.3 is 4.74 Å². The number of carbonyl (C=O) groups excluding carboxylic acids is 1. The van der Waals surface area contributed by atoms with E-state index in [4.69, 9.17) is 5.41 Å². The van der Waals surface area contributed by atoms with Crippen LogP contribution in [0.5, 0.6) is 0 Å². The lowest BCUT2D eigenvalue weighted by molar-refractivity contribution is -0.135. The standard InChI is InChI=1S/C7H13NO2/c1-4-10-7(9)6(8)5(2)3/h5,8H,4H2,1-3H3. The zero-order valence-electron chi connectivity index (χ0n) is 6.60. The van der Waals surface area contributed by atoms with Crippen molar-refractivity contribution in [2.24, 2.45) is 5.92 Å². The summed E-state index contributed by atoms with van der Waals surface area (Å²) in [5.41, 5.74) is 0.0434. The van der Waals surface area contributed by atoms with Gasteiger partial charge in [-0.05, 0) is 6.92 Å². The maximum Gasteiger partial charge on any atom is 0.352 e. The number of carbonyl (C=O) groups is 1. The van der Waals surface area contributed by atoms with Gasteiger partial charge in [0.2, 0.25) is 0 Å². The molecule has 1 N–H and O–H groups in total. The van der Waals surface area contributed by atoms with Crippen LogP contribution in [0.1, 0.15) is 20.8 Å². The van der Waals surface area contributed by atoms with Gasteiger partial charge in [-0.15, -0.1) is 0 Å². The predicted octanol–water partition coefficient (Wildman–Crippen LogP) is 1.23. The molecule has 0 saturated carbocycles. The van der Waals surface area contributed by atoms with E-state index in [1.807, 2.05) is 0 Å². The van der Waals surface area contributed by atoms with Crippen molar-refractivity contribution in [3.8, 4) is 0 Å². The molecule has 0 aromatic carbocycles. The normalized spacial score (nSPS) is 9.60. The molecule has 0 heterocycles. The molecule has 0 amide bonds. The van der Waals surface area contributed by atoms with Gasteiger partial charge in [-0.25, -0.2) is 4.79 Å². The van der Waals surface area contributed by atoms with E-state index < -0.39 is 5.97 Å². The number of hydrogen-bond donors (Lipinski definition) is 1. The van der Waals surface area contributed by atoms with E-state index in [2.05, 4.69) is 4.74 Å². The van der Waals surface area contributed by atoms with Crippen molar-refractivity contribution in [3.05, 3.63) is 0 Å². The lowest BCUT2D eigenvalue weighted by Crippen LogP contribution is -2.21. The van der Waals surface area contributed by atoms with Crippen LogP contribution in [-0.4, -0.2) is 18.3 Å². The first-order valence-corrected chi connectivity index (χ1v) is 3.35. The second-order valence-corrected chi connectivity index (χ2v) is 2.29. The predicted molar refractivity (Wildman–Crippen MR) is 39.2 cm³/mol. The lowest BCUT2D eigenvalue weighted by Gasteiger charge is -2.04. The van der Waals surface area contributed by atoms with Crippen LogP contribution in [0.2, 0.25) is 0 Å². The van der Waals surface area contributed by atoms with Gasteiger partial charge in [0.1, 0.15) is 5.71 Å². The molecule has 0 fully saturated rings. The number of esters is 1. The summed E-state index contributed by atoms with van der Waals surface area (Å²) >= 11 is 0. The average Bonchev–Trinajstić information content (AvgIpc) is 1.87. The smallest absolute Gasteiger partial charge is 0.352 e. The molecule has 0 aromatic rings. The molecule has 10 heavy (non-hydrogen) atoms. The van der Waals surface area contributed by atoms with E-state index in [9.17, 15) is 4.79 Å². The number of nitrogens with one attached hydrogen (secondary N) is 1. The maximum atomic E-state index is 10.7. The molecule has 0 aliphatic carbocycles. The minimum absolute atomic E-state index is 0.0425. The van der Waals surface area contributed by atoms with Crippen LogP contribution in [0.15, 0.2) is 0 Å². The fourth-order valence-electron chi connectivity index (χ4n) is 0.445. The molecule has 3 nitrogen and oxygen atoms in total. The molecule has 0 atom stereocenters. The zero-order valence-corrected chi connectivity index (χ0v) is 6.60. The van der Waals surface area contributed by atoms with E-state index in [0.29, 0.717) is 6.61 Å². The Morgan fingerprint density at radius 1 is 1.60 bits per heavy atom. The van der Waals surface area contributed by atoms with Crippen LogP contribution in [0.25, 0.3) is 0 Å². The van der Waals surface area contributed by atoms with Crippen molar-refractivity contribution in [3.63, 3.8) is 0 Å². The van der Waals surface area contributed by atoms with Crippen LogP contribution in [0, 0.1) is 11.3 Å². The van der Waals surface area contributed by atoms with Gasteiger partial charge in [0.25, 0.3) is 0 Å². The third-order valence-electron chi connectivity index (χ3n) is 1.07. The van der Waals surface area contributed by atoms with Crippen molar-refractivity contribution in [1.29, 1.82) is 5.41 Å². The molecule has 0 aromatic heterocycles. The van der Waals surface area contributed by atoms with Gasteiger partial charge in [0.15, 0.2) is 0 Å². The summed E-state index contributed by atoms with van der Waals surface area (Å²) in [7, 11) is 0. The van der Waals surface area contributed by atoms with Gasteiger partial charge in [0, 0.05) is 5.92 Å². The highest BCUT2D eigenvalue weighted by Gasteiger charge is 2.12. The Bertz CT molecular complexity index is 141. The van der Waals surface area contributed by atoms with Crippen molar-refractivity contribution >= 4 is 11.7 Å². The van der Waals surface area contributed by atoms with Crippen LogP contribution in [0.4, 0.5) is 0 Å². The highest BCUT2D eigenvalue weighted by molar-refractivity contribution is 6.35. The summed E-state index contributed by atoms with van der Waals surface area (Å²) < 4.78 is 4.60. The fraction of sp³-hybridized carbons (Fsp3) is 0.714. The molecule has 58 valence electrons. The van der Waals surface area contributed by atoms with Crippen LogP contribution in [-0.2, 0) is 9.53 Å². The van der Waals surface area contributed by atoms with Gasteiger partial charge in [-0.1, -0.05) is 13.8 Å². The largest absolute Gasteiger partial charge is 0.462 e. The summed E-state index contributed by atoms with van der Waals surface area (Å²) in [6, 6.07) is 0. The maximum absolute atomic E-state index is 10.7. The summed E-state index contributed by atoms with van der Waals surface area (Å²) in [4.78, 5) is 10.7. The monoisotopic (exact) mass is 143 g/mol. The molecule has 0 rings (SSSR count). The quantitative estimate of drug-likeness (QED) is 0.477. The van der Waals surface area contributed by atoms with Crippen molar-refractivity contribution in [2.45, 2.75) is 20.8 Å². The molecule has 0 unspecified atom stereocenters. The molecule has 0 spiro atoms. The highest BCUT2D eigenvalue weighted by atomic mass is 16.5. The van der Waals surface area contributed by atoms with Crippen molar-refractivity contribution in [2.75, 3.05) is 6.61 Å². The Kier molecular flexibility index (Phi) is 3.69.